The van der Waals surface area contributed by atoms with Crippen molar-refractivity contribution in [2.45, 2.75) is 13.8 Å². The van der Waals surface area contributed by atoms with Gasteiger partial charge in [-0.2, -0.15) is 0 Å². The second kappa shape index (κ2) is 7.70. The molecule has 0 aromatic carbocycles. The van der Waals surface area contributed by atoms with Crippen LogP contribution in [0, 0.1) is 16.0 Å². The van der Waals surface area contributed by atoms with Gasteiger partial charge in [-0.05, 0) is 18.1 Å². The summed E-state index contributed by atoms with van der Waals surface area (Å²) in [4.78, 5) is 10.0. The fourth-order valence-electron chi connectivity index (χ4n) is 1.53. The highest BCUT2D eigenvalue weighted by molar-refractivity contribution is 5.49. The molecule has 19 heavy (non-hydrogen) atoms. The van der Waals surface area contributed by atoms with E-state index in [1.807, 2.05) is 6.08 Å². The molecule has 106 valence electrons. The summed E-state index contributed by atoms with van der Waals surface area (Å²) < 4.78 is 10.1. The minimum Gasteiger partial charge on any atom is -0.401 e. The van der Waals surface area contributed by atoms with Gasteiger partial charge in [0.1, 0.15) is 10.7 Å². The topological polar surface area (TPSA) is 77.5 Å². The summed E-state index contributed by atoms with van der Waals surface area (Å²) in [5.41, 5.74) is 1.13. The first-order valence-corrected chi connectivity index (χ1v) is 6.19. The van der Waals surface area contributed by atoms with Crippen LogP contribution in [0.25, 0.3) is 6.08 Å². The smallest absolute Gasteiger partial charge is 0.401 e. The molecule has 0 unspecified atom stereocenters. The average molecular weight is 268 g/mol. The van der Waals surface area contributed by atoms with Gasteiger partial charge in [-0.15, -0.1) is 0 Å². The van der Waals surface area contributed by atoms with Crippen LogP contribution < -0.4 is 5.32 Å². The van der Waals surface area contributed by atoms with E-state index in [1.54, 1.807) is 13.2 Å². The molecule has 1 aromatic heterocycles. The molecule has 0 amide bonds. The van der Waals surface area contributed by atoms with Crippen LogP contribution in [0.3, 0.4) is 0 Å². The van der Waals surface area contributed by atoms with Gasteiger partial charge in [0.25, 0.3) is 0 Å². The lowest BCUT2D eigenvalue weighted by Gasteiger charge is -2.12. The first-order chi connectivity index (χ1) is 9.04. The maximum absolute atomic E-state index is 10.5. The number of hydrogen-bond acceptors (Lipinski definition) is 5. The van der Waals surface area contributed by atoms with Crippen LogP contribution in [-0.4, -0.2) is 31.7 Å². The summed E-state index contributed by atoms with van der Waals surface area (Å²) in [7, 11) is 1.66. The van der Waals surface area contributed by atoms with Crippen LogP contribution in [0.15, 0.2) is 22.1 Å². The van der Waals surface area contributed by atoms with Gasteiger partial charge in [0.15, 0.2) is 0 Å². The van der Waals surface area contributed by atoms with E-state index >= 15 is 0 Å². The molecule has 0 atom stereocenters. The van der Waals surface area contributed by atoms with Crippen LogP contribution in [0.5, 0.6) is 0 Å². The van der Waals surface area contributed by atoms with Crippen LogP contribution in [0.4, 0.5) is 5.88 Å². The van der Waals surface area contributed by atoms with Crippen molar-refractivity contribution in [3.8, 4) is 0 Å². The molecule has 0 spiro atoms. The Morgan fingerprint density at radius 3 is 2.84 bits per heavy atom. The van der Waals surface area contributed by atoms with E-state index < -0.39 is 4.92 Å². The summed E-state index contributed by atoms with van der Waals surface area (Å²) in [6, 6.07) is 2.97. The molecule has 0 aliphatic heterocycles. The Kier molecular flexibility index (Phi) is 6.24. The highest BCUT2D eigenvalue weighted by atomic mass is 16.6. The molecule has 0 saturated carbocycles. The summed E-state index contributed by atoms with van der Waals surface area (Å²) >= 11 is 0. The normalized spacial score (nSPS) is 12.1. The third-order valence-corrected chi connectivity index (χ3v) is 2.67. The number of furan rings is 1. The molecule has 1 aromatic rings. The van der Waals surface area contributed by atoms with E-state index in [0.717, 1.165) is 12.1 Å². The first-order valence-electron chi connectivity index (χ1n) is 6.19. The quantitative estimate of drug-likeness (QED) is 0.445. The van der Waals surface area contributed by atoms with E-state index in [-0.39, 0.29) is 5.88 Å². The number of nitrogens with one attached hydrogen (secondary N) is 1. The number of hydrogen-bond donors (Lipinski definition) is 1. The molecule has 0 aliphatic carbocycles. The van der Waals surface area contributed by atoms with Crippen molar-refractivity contribution >= 4 is 12.0 Å². The van der Waals surface area contributed by atoms with Crippen molar-refractivity contribution in [2.24, 2.45) is 5.92 Å². The molecule has 0 saturated heterocycles. The zero-order valence-electron chi connectivity index (χ0n) is 11.5. The zero-order chi connectivity index (χ0) is 14.3. The molecule has 6 nitrogen and oxygen atoms in total. The van der Waals surface area contributed by atoms with Gasteiger partial charge in [-0.1, -0.05) is 19.4 Å². The van der Waals surface area contributed by atoms with Crippen molar-refractivity contribution < 1.29 is 14.1 Å². The lowest BCUT2D eigenvalue weighted by molar-refractivity contribution is -0.402. The lowest BCUT2D eigenvalue weighted by Crippen LogP contribution is -2.23. The molecule has 6 heteroatoms. The molecule has 0 aliphatic rings. The zero-order valence-corrected chi connectivity index (χ0v) is 11.5. The summed E-state index contributed by atoms with van der Waals surface area (Å²) in [6.07, 6.45) is 1.84. The first kappa shape index (κ1) is 15.4. The van der Waals surface area contributed by atoms with Crippen molar-refractivity contribution in [2.75, 3.05) is 26.8 Å². The maximum Gasteiger partial charge on any atom is 0.433 e. The molecule has 0 radical (unpaired) electrons. The van der Waals surface area contributed by atoms with Crippen molar-refractivity contribution in [1.29, 1.82) is 0 Å². The highest BCUT2D eigenvalue weighted by Gasteiger charge is 2.11. The molecular formula is C13H20N2O4. The van der Waals surface area contributed by atoms with Gasteiger partial charge in [0.2, 0.25) is 0 Å². The molecule has 0 fully saturated rings. The lowest BCUT2D eigenvalue weighted by atomic mass is 10.0. The van der Waals surface area contributed by atoms with Crippen molar-refractivity contribution in [3.05, 3.63) is 33.6 Å². The predicted octanol–water partition coefficient (Wildman–Crippen LogP) is 2.46. The summed E-state index contributed by atoms with van der Waals surface area (Å²) in [5.74, 6) is 0.602. The fraction of sp³-hybridized carbons (Fsp3) is 0.538. The van der Waals surface area contributed by atoms with Crippen molar-refractivity contribution in [1.82, 2.24) is 5.32 Å². The number of nitrogens with zero attached hydrogens (tertiary/aromatic N) is 1. The SMILES string of the molecule is COCCNCC(=Cc1ccc([N+](=O)[O-])o1)C(C)C. The Morgan fingerprint density at radius 1 is 1.58 bits per heavy atom. The van der Waals surface area contributed by atoms with Gasteiger partial charge < -0.3 is 14.5 Å². The highest BCUT2D eigenvalue weighted by Crippen LogP contribution is 2.20. The second-order valence-corrected chi connectivity index (χ2v) is 4.48. The van der Waals surface area contributed by atoms with E-state index in [1.165, 1.54) is 6.07 Å². The molecule has 0 bridgehead atoms. The summed E-state index contributed by atoms with van der Waals surface area (Å²) in [6.45, 7) is 6.26. The molecule has 1 N–H and O–H groups in total. The third kappa shape index (κ3) is 5.23. The van der Waals surface area contributed by atoms with E-state index in [4.69, 9.17) is 9.15 Å². The van der Waals surface area contributed by atoms with E-state index in [0.29, 0.717) is 24.8 Å². The Morgan fingerprint density at radius 2 is 2.32 bits per heavy atom. The number of methoxy groups -OCH3 is 1. The molecular weight excluding hydrogens is 248 g/mol. The van der Waals surface area contributed by atoms with Gasteiger partial charge in [-0.3, -0.25) is 10.1 Å². The van der Waals surface area contributed by atoms with Crippen LogP contribution in [0.1, 0.15) is 19.6 Å². The maximum atomic E-state index is 10.5. The fourth-order valence-corrected chi connectivity index (χ4v) is 1.53. The Bertz CT molecular complexity index is 438. The minimum absolute atomic E-state index is 0.235. The number of rotatable bonds is 8. The monoisotopic (exact) mass is 268 g/mol. The predicted molar refractivity (Wildman–Crippen MR) is 72.9 cm³/mol. The Balaban J connectivity index is 2.68. The van der Waals surface area contributed by atoms with Crippen LogP contribution >= 0.6 is 0 Å². The molecule has 1 rings (SSSR count). The van der Waals surface area contributed by atoms with E-state index in [2.05, 4.69) is 19.2 Å². The average Bonchev–Trinajstić information content (AvgIpc) is 2.81. The van der Waals surface area contributed by atoms with E-state index in [9.17, 15) is 10.1 Å². The van der Waals surface area contributed by atoms with Crippen LogP contribution in [-0.2, 0) is 4.74 Å². The van der Waals surface area contributed by atoms with Gasteiger partial charge in [-0.25, -0.2) is 0 Å². The largest absolute Gasteiger partial charge is 0.433 e. The van der Waals surface area contributed by atoms with Crippen molar-refractivity contribution in [3.63, 3.8) is 0 Å². The second-order valence-electron chi connectivity index (χ2n) is 4.48. The number of ether oxygens (including phenoxy) is 1. The number of nitro groups is 1. The summed E-state index contributed by atoms with van der Waals surface area (Å²) in [5, 5.41) is 13.8. The minimum atomic E-state index is -0.538. The standard InChI is InChI=1S/C13H20N2O4/c1-10(2)11(9-14-6-7-18-3)8-12-4-5-13(19-12)15(16)17/h4-5,8,10,14H,6-7,9H2,1-3H3. The Labute approximate surface area is 112 Å². The van der Waals surface area contributed by atoms with Gasteiger partial charge in [0.05, 0.1) is 12.7 Å². The Hall–Kier alpha value is -1.66. The third-order valence-electron chi connectivity index (χ3n) is 2.67. The van der Waals surface area contributed by atoms with Gasteiger partial charge in [0, 0.05) is 20.2 Å². The van der Waals surface area contributed by atoms with Gasteiger partial charge >= 0.3 is 5.88 Å². The molecule has 1 heterocycles. The van der Waals surface area contributed by atoms with Crippen LogP contribution in [0.2, 0.25) is 0 Å².